The Kier molecular flexibility index (Phi) is 6.90. The van der Waals surface area contributed by atoms with E-state index in [1.54, 1.807) is 13.8 Å². The molecule has 1 N–H and O–H groups in total. The van der Waals surface area contributed by atoms with E-state index in [1.807, 2.05) is 35.2 Å². The molecule has 2 heterocycles. The molecule has 0 saturated carbocycles. The number of anilines is 2. The highest BCUT2D eigenvalue weighted by atomic mass is 35.5. The van der Waals surface area contributed by atoms with Crippen LogP contribution in [0, 0.1) is 42.3 Å². The average Bonchev–Trinajstić information content (AvgIpc) is 2.88. The van der Waals surface area contributed by atoms with Crippen molar-refractivity contribution in [2.75, 3.05) is 22.7 Å². The lowest BCUT2D eigenvalue weighted by molar-refractivity contribution is 0.414. The summed E-state index contributed by atoms with van der Waals surface area (Å²) in [5.74, 6) is -0.269. The Morgan fingerprint density at radius 2 is 1.78 bits per heavy atom. The van der Waals surface area contributed by atoms with Gasteiger partial charge in [-0.15, -0.1) is 0 Å². The van der Waals surface area contributed by atoms with Crippen molar-refractivity contribution in [2.45, 2.75) is 37.0 Å². The number of benzene rings is 2. The fourth-order valence-electron chi connectivity index (χ4n) is 4.51. The Morgan fingerprint density at radius 1 is 1.11 bits per heavy atom. The van der Waals surface area contributed by atoms with Crippen LogP contribution in [0.25, 0.3) is 0 Å². The zero-order chi connectivity index (χ0) is 26.1. The van der Waals surface area contributed by atoms with E-state index in [0.717, 1.165) is 23.8 Å². The first-order chi connectivity index (χ1) is 17.1. The third-order valence-corrected chi connectivity index (χ3v) is 8.25. The van der Waals surface area contributed by atoms with Crippen molar-refractivity contribution in [3.05, 3.63) is 81.8 Å². The Balaban J connectivity index is 1.64. The van der Waals surface area contributed by atoms with Gasteiger partial charge in [0.15, 0.2) is 0 Å². The molecule has 0 amide bonds. The third-order valence-electron chi connectivity index (χ3n) is 6.62. The Labute approximate surface area is 214 Å². The standard InChI is InChI=1S/C26H23ClFN5O2S/c1-17-21(15-29)25(33-12-10-26(16-30,11-13-33)19-6-4-3-5-7-19)31-18(2)24(17)32-36(34,35)20-8-9-23(28)22(27)14-20/h3-9,14,32H,10-13H2,1-2H3. The van der Waals surface area contributed by atoms with Crippen molar-refractivity contribution >= 4 is 33.1 Å². The second-order valence-electron chi connectivity index (χ2n) is 8.74. The van der Waals surface area contributed by atoms with Crippen LogP contribution in [0.1, 0.15) is 35.2 Å². The largest absolute Gasteiger partial charge is 0.355 e. The van der Waals surface area contributed by atoms with Gasteiger partial charge in [-0.3, -0.25) is 4.72 Å². The fraction of sp³-hybridized carbons (Fsp3) is 0.269. The molecule has 0 atom stereocenters. The summed E-state index contributed by atoms with van der Waals surface area (Å²) in [7, 11) is -4.11. The predicted molar refractivity (Wildman–Crippen MR) is 136 cm³/mol. The number of aromatic nitrogens is 1. The highest BCUT2D eigenvalue weighted by Crippen LogP contribution is 2.38. The molecule has 2 aromatic carbocycles. The maximum Gasteiger partial charge on any atom is 0.262 e. The molecule has 4 rings (SSSR count). The molecule has 1 aromatic heterocycles. The van der Waals surface area contributed by atoms with Gasteiger partial charge in [0, 0.05) is 13.1 Å². The van der Waals surface area contributed by atoms with Gasteiger partial charge in [-0.1, -0.05) is 41.9 Å². The molecule has 3 aromatic rings. The molecular formula is C26H23ClFN5O2S. The van der Waals surface area contributed by atoms with E-state index in [0.29, 0.717) is 43.0 Å². The number of sulfonamides is 1. The van der Waals surface area contributed by atoms with Crippen molar-refractivity contribution in [3.8, 4) is 12.1 Å². The summed E-state index contributed by atoms with van der Waals surface area (Å²) in [5.41, 5.74) is 1.61. The maximum atomic E-state index is 13.5. The number of piperidine rings is 1. The number of pyridine rings is 1. The van der Waals surface area contributed by atoms with E-state index in [-0.39, 0.29) is 21.2 Å². The van der Waals surface area contributed by atoms with Gasteiger partial charge in [-0.25, -0.2) is 17.8 Å². The van der Waals surface area contributed by atoms with E-state index in [1.165, 1.54) is 0 Å². The number of nitrogens with zero attached hydrogens (tertiary/aromatic N) is 4. The van der Waals surface area contributed by atoms with E-state index in [4.69, 9.17) is 11.6 Å². The SMILES string of the molecule is Cc1nc(N2CCC(C#N)(c3ccccc3)CC2)c(C#N)c(C)c1NS(=O)(=O)c1ccc(F)c(Cl)c1. The summed E-state index contributed by atoms with van der Waals surface area (Å²) >= 11 is 5.76. The van der Waals surface area contributed by atoms with Crippen LogP contribution in [-0.2, 0) is 15.4 Å². The molecule has 1 aliphatic rings. The molecule has 0 radical (unpaired) electrons. The van der Waals surface area contributed by atoms with Gasteiger partial charge in [0.1, 0.15) is 17.7 Å². The number of aryl methyl sites for hydroxylation is 1. The van der Waals surface area contributed by atoms with Crippen LogP contribution in [0.4, 0.5) is 15.9 Å². The van der Waals surface area contributed by atoms with Gasteiger partial charge in [-0.2, -0.15) is 10.5 Å². The number of halogens is 2. The quantitative estimate of drug-likeness (QED) is 0.490. The second-order valence-corrected chi connectivity index (χ2v) is 10.8. The Morgan fingerprint density at radius 3 is 2.36 bits per heavy atom. The lowest BCUT2D eigenvalue weighted by Crippen LogP contribution is -2.42. The molecule has 1 saturated heterocycles. The lowest BCUT2D eigenvalue weighted by atomic mass is 9.74. The molecule has 7 nitrogen and oxygen atoms in total. The first-order valence-corrected chi connectivity index (χ1v) is 13.1. The minimum absolute atomic E-state index is 0.184. The van der Waals surface area contributed by atoms with Gasteiger partial charge in [0.2, 0.25) is 0 Å². The zero-order valence-corrected chi connectivity index (χ0v) is 21.3. The molecule has 0 bridgehead atoms. The molecule has 1 fully saturated rings. The minimum atomic E-state index is -4.11. The van der Waals surface area contributed by atoms with Crippen molar-refractivity contribution in [1.82, 2.24) is 4.98 Å². The molecular weight excluding hydrogens is 501 g/mol. The number of nitriles is 2. The van der Waals surface area contributed by atoms with Crippen molar-refractivity contribution < 1.29 is 12.8 Å². The van der Waals surface area contributed by atoms with Crippen LogP contribution in [0.15, 0.2) is 53.4 Å². The summed E-state index contributed by atoms with van der Waals surface area (Å²) < 4.78 is 41.9. The summed E-state index contributed by atoms with van der Waals surface area (Å²) in [6.45, 7) is 4.34. The van der Waals surface area contributed by atoms with Crippen LogP contribution < -0.4 is 9.62 Å². The topological polar surface area (TPSA) is 110 Å². The highest BCUT2D eigenvalue weighted by molar-refractivity contribution is 7.92. The van der Waals surface area contributed by atoms with Crippen LogP contribution in [-0.4, -0.2) is 26.5 Å². The van der Waals surface area contributed by atoms with Gasteiger partial charge >= 0.3 is 0 Å². The van der Waals surface area contributed by atoms with Crippen molar-refractivity contribution in [3.63, 3.8) is 0 Å². The van der Waals surface area contributed by atoms with E-state index in [2.05, 4.69) is 21.8 Å². The first-order valence-electron chi connectivity index (χ1n) is 11.2. The average molecular weight is 524 g/mol. The molecule has 0 spiro atoms. The normalized spacial score (nSPS) is 15.1. The van der Waals surface area contributed by atoms with Crippen molar-refractivity contribution in [1.29, 1.82) is 10.5 Å². The smallest absolute Gasteiger partial charge is 0.262 e. The van der Waals surface area contributed by atoms with E-state index in [9.17, 15) is 23.3 Å². The molecule has 36 heavy (non-hydrogen) atoms. The summed E-state index contributed by atoms with van der Waals surface area (Å²) in [6.07, 6.45) is 1.13. The first kappa shape index (κ1) is 25.4. The van der Waals surface area contributed by atoms with Gasteiger partial charge in [-0.05, 0) is 56.0 Å². The predicted octanol–water partition coefficient (Wildman–Crippen LogP) is 5.23. The lowest BCUT2D eigenvalue weighted by Gasteiger charge is -2.38. The summed E-state index contributed by atoms with van der Waals surface area (Å²) in [4.78, 5) is 6.35. The van der Waals surface area contributed by atoms with Crippen LogP contribution >= 0.6 is 11.6 Å². The minimum Gasteiger partial charge on any atom is -0.355 e. The van der Waals surface area contributed by atoms with Crippen LogP contribution in [0.2, 0.25) is 5.02 Å². The molecule has 184 valence electrons. The maximum absolute atomic E-state index is 13.5. The van der Waals surface area contributed by atoms with Crippen molar-refractivity contribution in [2.24, 2.45) is 0 Å². The fourth-order valence-corrected chi connectivity index (χ4v) is 5.96. The highest BCUT2D eigenvalue weighted by Gasteiger charge is 2.37. The molecule has 0 aliphatic carbocycles. The number of hydrogen-bond donors (Lipinski definition) is 1. The van der Waals surface area contributed by atoms with Crippen LogP contribution in [0.3, 0.4) is 0 Å². The van der Waals surface area contributed by atoms with Gasteiger partial charge in [0.25, 0.3) is 10.0 Å². The molecule has 0 unspecified atom stereocenters. The molecule has 1 aliphatic heterocycles. The van der Waals surface area contributed by atoms with Crippen LogP contribution in [0.5, 0.6) is 0 Å². The van der Waals surface area contributed by atoms with Gasteiger partial charge < -0.3 is 4.90 Å². The number of hydrogen-bond acceptors (Lipinski definition) is 6. The summed E-state index contributed by atoms with van der Waals surface area (Å²) in [6, 6.07) is 17.4. The monoisotopic (exact) mass is 523 g/mol. The van der Waals surface area contributed by atoms with E-state index >= 15 is 0 Å². The summed E-state index contributed by atoms with van der Waals surface area (Å²) in [5, 5.41) is 19.6. The number of rotatable bonds is 5. The Bertz CT molecular complexity index is 1510. The third kappa shape index (κ3) is 4.60. The molecule has 10 heteroatoms. The Hall–Kier alpha value is -3.66. The zero-order valence-electron chi connectivity index (χ0n) is 19.7. The van der Waals surface area contributed by atoms with Gasteiger partial charge in [0.05, 0.1) is 38.3 Å². The number of nitrogens with one attached hydrogen (secondary N) is 1. The van der Waals surface area contributed by atoms with E-state index < -0.39 is 21.3 Å². The second kappa shape index (κ2) is 9.77.